The Morgan fingerprint density at radius 1 is 1.17 bits per heavy atom. The number of nitrogens with zero attached hydrogens (tertiary/aromatic N) is 2. The Morgan fingerprint density at radius 3 is 2.62 bits per heavy atom. The molecular weight excluding hydrogens is 387 g/mol. The Morgan fingerprint density at radius 2 is 1.93 bits per heavy atom. The van der Waals surface area contributed by atoms with Crippen molar-refractivity contribution in [1.29, 1.82) is 0 Å². The molecule has 150 valence electrons. The Hall–Kier alpha value is -3.62. The van der Waals surface area contributed by atoms with E-state index >= 15 is 0 Å². The van der Waals surface area contributed by atoms with E-state index in [2.05, 4.69) is 10.5 Å². The van der Waals surface area contributed by atoms with Gasteiger partial charge in [0, 0.05) is 11.6 Å². The quantitative estimate of drug-likeness (QED) is 0.330. The largest absolute Gasteiger partial charge is 0.493 e. The molecule has 0 aliphatic carbocycles. The van der Waals surface area contributed by atoms with Gasteiger partial charge < -0.3 is 4.74 Å². The van der Waals surface area contributed by atoms with Crippen molar-refractivity contribution in [2.24, 2.45) is 5.10 Å². The van der Waals surface area contributed by atoms with Gasteiger partial charge in [-0.05, 0) is 35.9 Å². The monoisotopic (exact) mass is 403 g/mol. The number of nitrogens with one attached hydrogen (secondary N) is 1. The zero-order valence-electron chi connectivity index (χ0n) is 15.2. The molecule has 0 heterocycles. The van der Waals surface area contributed by atoms with Crippen molar-refractivity contribution in [3.63, 3.8) is 0 Å². The minimum Gasteiger partial charge on any atom is -0.493 e. The lowest BCUT2D eigenvalue weighted by Crippen LogP contribution is -2.06. The molecule has 0 aliphatic heterocycles. The molecule has 29 heavy (non-hydrogen) atoms. The molecule has 0 atom stereocenters. The lowest BCUT2D eigenvalue weighted by atomic mass is 10.0. The number of hydrogen-bond acceptors (Lipinski definition) is 5. The van der Waals surface area contributed by atoms with Crippen LogP contribution < -0.4 is 10.2 Å². The minimum atomic E-state index is -4.68. The van der Waals surface area contributed by atoms with Crippen LogP contribution in [0.5, 0.6) is 5.75 Å². The van der Waals surface area contributed by atoms with E-state index in [9.17, 15) is 23.3 Å². The third kappa shape index (κ3) is 4.45. The fourth-order valence-corrected chi connectivity index (χ4v) is 2.81. The topological polar surface area (TPSA) is 76.8 Å². The van der Waals surface area contributed by atoms with Gasteiger partial charge in [0.25, 0.3) is 5.69 Å². The molecule has 9 heteroatoms. The highest BCUT2D eigenvalue weighted by molar-refractivity contribution is 6.02. The maximum Gasteiger partial charge on any atom is 0.416 e. The van der Waals surface area contributed by atoms with Crippen LogP contribution in [0, 0.1) is 10.1 Å². The van der Waals surface area contributed by atoms with Gasteiger partial charge in [-0.3, -0.25) is 15.5 Å². The number of halogens is 3. The predicted octanol–water partition coefficient (Wildman–Crippen LogP) is 5.61. The second-order valence-corrected chi connectivity index (χ2v) is 5.99. The summed E-state index contributed by atoms with van der Waals surface area (Å²) in [5, 5.41) is 17.0. The zero-order chi connectivity index (χ0) is 21.0. The predicted molar refractivity (Wildman–Crippen MR) is 104 cm³/mol. The van der Waals surface area contributed by atoms with Crippen LogP contribution in [0.2, 0.25) is 0 Å². The van der Waals surface area contributed by atoms with E-state index < -0.39 is 22.4 Å². The zero-order valence-corrected chi connectivity index (χ0v) is 15.2. The highest BCUT2D eigenvalue weighted by Crippen LogP contribution is 2.35. The highest BCUT2D eigenvalue weighted by Gasteiger charge is 2.33. The number of benzene rings is 3. The van der Waals surface area contributed by atoms with Crippen molar-refractivity contribution < 1.29 is 22.8 Å². The van der Waals surface area contributed by atoms with Crippen LogP contribution >= 0.6 is 0 Å². The number of ether oxygens (including phenoxy) is 1. The molecule has 0 saturated heterocycles. The summed E-state index contributed by atoms with van der Waals surface area (Å²) in [5.41, 5.74) is 1.12. The van der Waals surface area contributed by atoms with E-state index in [-0.39, 0.29) is 5.69 Å². The molecule has 3 aromatic carbocycles. The maximum atomic E-state index is 12.8. The number of hydrogen-bond donors (Lipinski definition) is 1. The summed E-state index contributed by atoms with van der Waals surface area (Å²) in [7, 11) is 0. The van der Waals surface area contributed by atoms with Crippen LogP contribution in [0.4, 0.5) is 24.5 Å². The summed E-state index contributed by atoms with van der Waals surface area (Å²) in [6.07, 6.45) is -3.25. The van der Waals surface area contributed by atoms with Crippen molar-refractivity contribution in [3.8, 4) is 5.75 Å². The molecule has 0 saturated carbocycles. The number of fused-ring (bicyclic) bond motifs is 1. The van der Waals surface area contributed by atoms with Crippen LogP contribution in [0.3, 0.4) is 0 Å². The Labute approximate surface area is 163 Å². The van der Waals surface area contributed by atoms with E-state index in [4.69, 9.17) is 4.74 Å². The molecule has 3 aromatic rings. The third-order valence-corrected chi connectivity index (χ3v) is 4.13. The lowest BCUT2D eigenvalue weighted by molar-refractivity contribution is -0.384. The summed E-state index contributed by atoms with van der Waals surface area (Å²) < 4.78 is 44.1. The smallest absolute Gasteiger partial charge is 0.416 e. The van der Waals surface area contributed by atoms with Crippen LogP contribution in [-0.4, -0.2) is 17.7 Å². The minimum absolute atomic E-state index is 0.155. The molecule has 0 amide bonds. The fourth-order valence-electron chi connectivity index (χ4n) is 2.81. The van der Waals surface area contributed by atoms with Gasteiger partial charge in [0.05, 0.1) is 23.3 Å². The number of nitro benzene ring substituents is 1. The van der Waals surface area contributed by atoms with E-state index in [0.29, 0.717) is 24.0 Å². The molecule has 0 radical (unpaired) electrons. The van der Waals surface area contributed by atoms with Crippen LogP contribution in [0.25, 0.3) is 10.8 Å². The maximum absolute atomic E-state index is 12.8. The normalized spacial score (nSPS) is 11.7. The highest BCUT2D eigenvalue weighted by atomic mass is 19.4. The summed E-state index contributed by atoms with van der Waals surface area (Å²) >= 11 is 0. The molecule has 0 spiro atoms. The second kappa shape index (κ2) is 8.17. The summed E-state index contributed by atoms with van der Waals surface area (Å²) in [6, 6.07) is 13.4. The van der Waals surface area contributed by atoms with E-state index in [0.717, 1.165) is 22.9 Å². The van der Waals surface area contributed by atoms with Crippen LogP contribution in [0.15, 0.2) is 59.7 Å². The van der Waals surface area contributed by atoms with Crippen LogP contribution in [0.1, 0.15) is 18.1 Å². The van der Waals surface area contributed by atoms with E-state index in [1.807, 2.05) is 37.3 Å². The molecule has 6 nitrogen and oxygen atoms in total. The molecule has 0 aliphatic rings. The van der Waals surface area contributed by atoms with Crippen molar-refractivity contribution in [2.75, 3.05) is 12.0 Å². The summed E-state index contributed by atoms with van der Waals surface area (Å²) in [4.78, 5) is 10.3. The number of alkyl halides is 3. The van der Waals surface area contributed by atoms with E-state index in [1.165, 1.54) is 6.21 Å². The Bertz CT molecular complexity index is 1080. The molecule has 1 N–H and O–H groups in total. The first-order chi connectivity index (χ1) is 13.8. The van der Waals surface area contributed by atoms with Gasteiger partial charge in [0.1, 0.15) is 11.4 Å². The van der Waals surface area contributed by atoms with Gasteiger partial charge in [-0.2, -0.15) is 18.3 Å². The van der Waals surface area contributed by atoms with Crippen molar-refractivity contribution in [3.05, 3.63) is 75.8 Å². The first-order valence-electron chi connectivity index (χ1n) is 8.60. The lowest BCUT2D eigenvalue weighted by Gasteiger charge is -2.11. The molecule has 0 unspecified atom stereocenters. The second-order valence-electron chi connectivity index (χ2n) is 5.99. The first-order valence-corrected chi connectivity index (χ1v) is 8.60. The summed E-state index contributed by atoms with van der Waals surface area (Å²) in [6.45, 7) is 2.26. The number of hydrazone groups is 1. The SMILES string of the molecule is CCOc1ccc2ccccc2c1/C=N\Nc1ccc(C(F)(F)F)cc1[N+](=O)[O-]. The number of anilines is 1. The van der Waals surface area contributed by atoms with Crippen LogP contribution in [-0.2, 0) is 6.18 Å². The molecule has 3 rings (SSSR count). The standard InChI is InChI=1S/C20H16F3N3O3/c1-2-29-19-10-7-13-5-3-4-6-15(13)16(19)12-24-25-17-9-8-14(20(21,22)23)11-18(17)26(27)28/h3-12,25H,2H2,1H3/b24-12-. The molecule has 0 aromatic heterocycles. The average molecular weight is 403 g/mol. The molecule has 0 fully saturated rings. The van der Waals surface area contributed by atoms with Crippen molar-refractivity contribution in [1.82, 2.24) is 0 Å². The van der Waals surface area contributed by atoms with Gasteiger partial charge in [0.15, 0.2) is 0 Å². The molecule has 0 bridgehead atoms. The Balaban J connectivity index is 1.96. The number of rotatable bonds is 6. The van der Waals surface area contributed by atoms with E-state index in [1.54, 1.807) is 6.07 Å². The Kier molecular flexibility index (Phi) is 5.67. The summed E-state index contributed by atoms with van der Waals surface area (Å²) in [5.74, 6) is 0.568. The average Bonchev–Trinajstić information content (AvgIpc) is 2.68. The van der Waals surface area contributed by atoms with Gasteiger partial charge in [-0.1, -0.05) is 30.3 Å². The number of nitro groups is 1. The van der Waals surface area contributed by atoms with Gasteiger partial charge in [0.2, 0.25) is 0 Å². The first kappa shape index (κ1) is 20.1. The van der Waals surface area contributed by atoms with Crippen molar-refractivity contribution >= 4 is 28.4 Å². The van der Waals surface area contributed by atoms with Gasteiger partial charge in [-0.25, -0.2) is 0 Å². The third-order valence-electron chi connectivity index (χ3n) is 4.13. The molecular formula is C20H16F3N3O3. The fraction of sp³-hybridized carbons (Fsp3) is 0.150. The van der Waals surface area contributed by atoms with Gasteiger partial charge >= 0.3 is 6.18 Å². The van der Waals surface area contributed by atoms with Crippen molar-refractivity contribution in [2.45, 2.75) is 13.1 Å². The van der Waals surface area contributed by atoms with Gasteiger partial charge in [-0.15, -0.1) is 0 Å².